The monoisotopic (exact) mass is 674 g/mol. The largest absolute Gasteiger partial charge is 0.490 e. The second-order valence-corrected chi connectivity index (χ2v) is 9.64. The molecular formula is C24H31F9N4O8. The Morgan fingerprint density at radius 2 is 1.36 bits per heavy atom. The first-order valence-electron chi connectivity index (χ1n) is 12.5. The fraction of sp³-hybridized carbons (Fsp3) is 0.625. The summed E-state index contributed by atoms with van der Waals surface area (Å²) in [4.78, 5) is 49.7. The lowest BCUT2D eigenvalue weighted by Crippen LogP contribution is -2.58. The maximum absolute atomic E-state index is 12.2. The Balaban J connectivity index is 0.000000753. The van der Waals surface area contributed by atoms with Gasteiger partial charge in [0.25, 0.3) is 0 Å². The first-order chi connectivity index (χ1) is 20.4. The fourth-order valence-corrected chi connectivity index (χ4v) is 3.47. The van der Waals surface area contributed by atoms with Crippen LogP contribution in [0.25, 0.3) is 0 Å². The van der Waals surface area contributed by atoms with Crippen LogP contribution in [0.2, 0.25) is 0 Å². The van der Waals surface area contributed by atoms with Gasteiger partial charge in [0.05, 0.1) is 12.1 Å². The van der Waals surface area contributed by atoms with E-state index in [1.165, 1.54) is 0 Å². The number of carbonyl (C=O) groups excluding carboxylic acids is 1. The summed E-state index contributed by atoms with van der Waals surface area (Å²) >= 11 is 0. The van der Waals surface area contributed by atoms with E-state index < -0.39 is 36.4 Å². The third-order valence-electron chi connectivity index (χ3n) is 5.79. The number of hydrogen-bond donors (Lipinski definition) is 3. The van der Waals surface area contributed by atoms with Crippen LogP contribution in [-0.2, 0) is 30.5 Å². The molecule has 0 bridgehead atoms. The quantitative estimate of drug-likeness (QED) is 0.394. The maximum Gasteiger partial charge on any atom is 0.490 e. The second-order valence-electron chi connectivity index (χ2n) is 9.64. The number of piperidine rings is 1. The number of alkyl halides is 9. The average molecular weight is 675 g/mol. The molecule has 1 aromatic heterocycles. The third-order valence-corrected chi connectivity index (χ3v) is 5.79. The number of likely N-dealkylation sites (N-methyl/N-ethyl adjacent to an activating group) is 1. The smallest absolute Gasteiger partial charge is 0.475 e. The van der Waals surface area contributed by atoms with Crippen LogP contribution in [-0.4, -0.2) is 136 Å². The molecule has 21 heteroatoms. The molecule has 1 aromatic rings. The molecule has 3 heterocycles. The number of nitrogens with zero attached hydrogens (tertiary/aromatic N) is 4. The van der Waals surface area contributed by atoms with Crippen molar-refractivity contribution in [3.63, 3.8) is 0 Å². The number of halogens is 9. The van der Waals surface area contributed by atoms with Crippen LogP contribution in [0.1, 0.15) is 18.4 Å². The van der Waals surface area contributed by atoms with Gasteiger partial charge in [-0.1, -0.05) is 6.07 Å². The number of ether oxygens (including phenoxy) is 1. The van der Waals surface area contributed by atoms with E-state index in [1.54, 1.807) is 6.20 Å². The summed E-state index contributed by atoms with van der Waals surface area (Å²) < 4.78 is 101. The first-order valence-corrected chi connectivity index (χ1v) is 12.5. The maximum atomic E-state index is 12.2. The topological polar surface area (TPSA) is 161 Å². The minimum Gasteiger partial charge on any atom is -0.475 e. The predicted octanol–water partition coefficient (Wildman–Crippen LogP) is 2.74. The SMILES string of the molecule is CN(C)CCN1CCC2(CC1)CN(Cc1cccnc1)C(=O)CO2.O=C(O)C(F)(F)F.O=C(O)C(F)(F)F.O=C(O)C(F)(F)F. The standard InChI is InChI=1S/C18H28N4O2.3C2HF3O2/c1-20(2)10-11-21-8-5-18(6-9-21)15-22(17(23)14-24-18)13-16-4-3-7-19-12-16;3*3-2(4,5)1(6)7/h3-4,7,12H,5-6,8-11,13-15H2,1-2H3;3*(H,6,7). The van der Waals surface area contributed by atoms with Crippen molar-refractivity contribution in [3.05, 3.63) is 30.1 Å². The molecule has 12 nitrogen and oxygen atoms in total. The van der Waals surface area contributed by atoms with E-state index in [0.29, 0.717) is 13.1 Å². The molecule has 1 amide bonds. The van der Waals surface area contributed by atoms with Gasteiger partial charge in [-0.15, -0.1) is 0 Å². The van der Waals surface area contributed by atoms with E-state index >= 15 is 0 Å². The molecule has 0 atom stereocenters. The molecule has 3 N–H and O–H groups in total. The highest BCUT2D eigenvalue weighted by Gasteiger charge is 2.42. The van der Waals surface area contributed by atoms with Gasteiger partial charge in [-0.3, -0.25) is 9.78 Å². The van der Waals surface area contributed by atoms with Crippen LogP contribution >= 0.6 is 0 Å². The zero-order valence-corrected chi connectivity index (χ0v) is 23.7. The van der Waals surface area contributed by atoms with Crippen LogP contribution in [0.15, 0.2) is 24.5 Å². The molecular weight excluding hydrogens is 643 g/mol. The van der Waals surface area contributed by atoms with Crippen molar-refractivity contribution in [2.75, 3.05) is 53.4 Å². The van der Waals surface area contributed by atoms with E-state index in [4.69, 9.17) is 34.4 Å². The number of pyridine rings is 1. The lowest BCUT2D eigenvalue weighted by molar-refractivity contribution is -0.193. The number of likely N-dealkylation sites (tertiary alicyclic amines) is 1. The summed E-state index contributed by atoms with van der Waals surface area (Å²) in [7, 11) is 4.22. The Hall–Kier alpha value is -3.72. The number of carboxylic acids is 3. The van der Waals surface area contributed by atoms with Crippen LogP contribution in [0.5, 0.6) is 0 Å². The highest BCUT2D eigenvalue weighted by molar-refractivity contribution is 5.78. The molecule has 258 valence electrons. The van der Waals surface area contributed by atoms with Crippen LogP contribution in [0.4, 0.5) is 39.5 Å². The normalized spacial score (nSPS) is 16.8. The van der Waals surface area contributed by atoms with E-state index in [0.717, 1.165) is 44.6 Å². The Kier molecular flexibility index (Phi) is 16.2. The molecule has 0 radical (unpaired) electrons. The zero-order valence-electron chi connectivity index (χ0n) is 23.7. The van der Waals surface area contributed by atoms with E-state index in [-0.39, 0.29) is 18.1 Å². The number of amides is 1. The first kappa shape index (κ1) is 41.3. The van der Waals surface area contributed by atoms with Gasteiger partial charge in [-0.05, 0) is 38.6 Å². The number of rotatable bonds is 5. The van der Waals surface area contributed by atoms with Gasteiger partial charge >= 0.3 is 36.4 Å². The molecule has 2 aliphatic rings. The highest BCUT2D eigenvalue weighted by Crippen LogP contribution is 2.31. The minimum absolute atomic E-state index is 0.0829. The van der Waals surface area contributed by atoms with Crippen LogP contribution in [0, 0.1) is 0 Å². The van der Waals surface area contributed by atoms with Crippen molar-refractivity contribution < 1.29 is 78.7 Å². The van der Waals surface area contributed by atoms with Gasteiger partial charge in [0.15, 0.2) is 0 Å². The number of carbonyl (C=O) groups is 4. The molecule has 0 aliphatic carbocycles. The lowest BCUT2D eigenvalue weighted by Gasteiger charge is -2.47. The van der Waals surface area contributed by atoms with Gasteiger partial charge in [-0.25, -0.2) is 14.4 Å². The number of carboxylic acid groups (broad SMARTS) is 3. The highest BCUT2D eigenvalue weighted by atomic mass is 19.4. The Morgan fingerprint density at radius 1 is 0.911 bits per heavy atom. The molecule has 2 aliphatic heterocycles. The summed E-state index contributed by atoms with van der Waals surface area (Å²) in [5.41, 5.74) is 0.913. The fourth-order valence-electron chi connectivity index (χ4n) is 3.47. The summed E-state index contributed by atoms with van der Waals surface area (Å²) in [6.45, 7) is 5.80. The summed E-state index contributed by atoms with van der Waals surface area (Å²) in [5.74, 6) is -8.19. The average Bonchev–Trinajstić information content (AvgIpc) is 2.90. The summed E-state index contributed by atoms with van der Waals surface area (Å²) in [5, 5.41) is 21.4. The summed E-state index contributed by atoms with van der Waals surface area (Å²) in [6, 6.07) is 3.94. The minimum atomic E-state index is -5.08. The predicted molar refractivity (Wildman–Crippen MR) is 134 cm³/mol. The van der Waals surface area contributed by atoms with Crippen LogP contribution in [0.3, 0.4) is 0 Å². The molecule has 0 saturated carbocycles. The molecule has 45 heavy (non-hydrogen) atoms. The van der Waals surface area contributed by atoms with Crippen molar-refractivity contribution in [2.45, 2.75) is 43.5 Å². The molecule has 1 spiro atoms. The number of hydrogen-bond acceptors (Lipinski definition) is 8. The van der Waals surface area contributed by atoms with E-state index in [2.05, 4.69) is 28.9 Å². The third kappa shape index (κ3) is 17.4. The summed E-state index contributed by atoms with van der Waals surface area (Å²) in [6.07, 6.45) is -9.66. The zero-order chi connectivity index (χ0) is 35.2. The Labute approximate surface area is 250 Å². The van der Waals surface area contributed by atoms with Gasteiger partial charge < -0.3 is 34.8 Å². The van der Waals surface area contributed by atoms with Crippen molar-refractivity contribution in [1.29, 1.82) is 0 Å². The van der Waals surface area contributed by atoms with Crippen molar-refractivity contribution in [1.82, 2.24) is 19.7 Å². The van der Waals surface area contributed by atoms with E-state index in [9.17, 15) is 44.3 Å². The lowest BCUT2D eigenvalue weighted by atomic mass is 9.89. The molecule has 2 fully saturated rings. The van der Waals surface area contributed by atoms with Crippen molar-refractivity contribution in [3.8, 4) is 0 Å². The number of aliphatic carboxylic acids is 3. The molecule has 0 unspecified atom stereocenters. The number of morpholine rings is 1. The van der Waals surface area contributed by atoms with Crippen LogP contribution < -0.4 is 0 Å². The molecule has 0 aromatic carbocycles. The molecule has 2 saturated heterocycles. The van der Waals surface area contributed by atoms with Crippen molar-refractivity contribution >= 4 is 23.8 Å². The van der Waals surface area contributed by atoms with Gasteiger partial charge in [0.2, 0.25) is 5.91 Å². The van der Waals surface area contributed by atoms with Gasteiger partial charge in [0, 0.05) is 45.1 Å². The number of aromatic nitrogens is 1. The van der Waals surface area contributed by atoms with Gasteiger partial charge in [-0.2, -0.15) is 39.5 Å². The van der Waals surface area contributed by atoms with Crippen molar-refractivity contribution in [2.24, 2.45) is 0 Å². The Morgan fingerprint density at radius 3 is 1.71 bits per heavy atom. The Bertz CT molecular complexity index is 1040. The molecule has 3 rings (SSSR count). The van der Waals surface area contributed by atoms with E-state index in [1.807, 2.05) is 23.2 Å². The van der Waals surface area contributed by atoms with Gasteiger partial charge in [0.1, 0.15) is 6.61 Å². The second kappa shape index (κ2) is 17.7.